The molecule has 1 atom stereocenters. The first-order valence-corrected chi connectivity index (χ1v) is 9.37. The fourth-order valence-corrected chi connectivity index (χ4v) is 3.75. The summed E-state index contributed by atoms with van der Waals surface area (Å²) in [4.78, 5) is 12.1. The first-order chi connectivity index (χ1) is 11.6. The van der Waals surface area contributed by atoms with Gasteiger partial charge < -0.3 is 10.1 Å². The predicted octanol–water partition coefficient (Wildman–Crippen LogP) is 3.69. The molecule has 0 bridgehead atoms. The van der Waals surface area contributed by atoms with Crippen LogP contribution < -0.4 is 5.32 Å². The number of alkyl carbamates (subject to hydrolysis) is 1. The highest BCUT2D eigenvalue weighted by Gasteiger charge is 2.30. The minimum absolute atomic E-state index is 0.146. The van der Waals surface area contributed by atoms with E-state index < -0.39 is 21.3 Å². The average Bonchev–Trinajstić information content (AvgIpc) is 2.61. The van der Waals surface area contributed by atoms with Crippen molar-refractivity contribution in [2.24, 2.45) is 0 Å². The van der Waals surface area contributed by atoms with Gasteiger partial charge in [0.2, 0.25) is 9.84 Å². The molecule has 2 aromatic carbocycles. The number of sulfone groups is 1. The first-order valence-electron chi connectivity index (χ1n) is 7.83. The fourth-order valence-electron chi connectivity index (χ4n) is 2.17. The molecule has 0 aliphatic rings. The number of carbonyl (C=O) groups is 1. The molecule has 0 aromatic heterocycles. The summed E-state index contributed by atoms with van der Waals surface area (Å²) in [6.45, 7) is 2.24. The van der Waals surface area contributed by atoms with Gasteiger partial charge in [0.05, 0.1) is 11.5 Å². The van der Waals surface area contributed by atoms with Crippen LogP contribution in [-0.2, 0) is 14.6 Å². The van der Waals surface area contributed by atoms with Gasteiger partial charge in [-0.3, -0.25) is 0 Å². The summed E-state index contributed by atoms with van der Waals surface area (Å²) in [5.74, 6) is 0. The topological polar surface area (TPSA) is 72.5 Å². The summed E-state index contributed by atoms with van der Waals surface area (Å²) in [6.07, 6.45) is 0.879. The first kappa shape index (κ1) is 18.0. The van der Waals surface area contributed by atoms with E-state index in [1.807, 2.05) is 6.92 Å². The van der Waals surface area contributed by atoms with Gasteiger partial charge >= 0.3 is 6.09 Å². The highest BCUT2D eigenvalue weighted by Crippen LogP contribution is 2.26. The summed E-state index contributed by atoms with van der Waals surface area (Å²) in [7, 11) is -3.79. The summed E-state index contributed by atoms with van der Waals surface area (Å²) in [5, 5.41) is 1.28. The van der Waals surface area contributed by atoms with Gasteiger partial charge in [0.25, 0.3) is 0 Å². The van der Waals surface area contributed by atoms with Crippen molar-refractivity contribution >= 4 is 15.9 Å². The number of rotatable bonds is 7. The van der Waals surface area contributed by atoms with Gasteiger partial charge in [0, 0.05) is 0 Å². The zero-order valence-electron chi connectivity index (χ0n) is 13.5. The number of ether oxygens (including phenoxy) is 1. The summed E-state index contributed by atoms with van der Waals surface area (Å²) < 4.78 is 30.9. The molecule has 2 aromatic rings. The lowest BCUT2D eigenvalue weighted by Crippen LogP contribution is -2.34. The van der Waals surface area contributed by atoms with Gasteiger partial charge in [-0.1, -0.05) is 61.9 Å². The van der Waals surface area contributed by atoms with Crippen LogP contribution >= 0.6 is 0 Å². The van der Waals surface area contributed by atoms with E-state index in [4.69, 9.17) is 4.74 Å². The van der Waals surface area contributed by atoms with Gasteiger partial charge in [0.1, 0.15) is 0 Å². The maximum Gasteiger partial charge on any atom is 0.408 e. The van der Waals surface area contributed by atoms with E-state index in [0.29, 0.717) is 5.56 Å². The molecule has 24 heavy (non-hydrogen) atoms. The van der Waals surface area contributed by atoms with E-state index >= 15 is 0 Å². The number of carbonyl (C=O) groups excluding carboxylic acids is 1. The molecule has 0 aliphatic carbocycles. The lowest BCUT2D eigenvalue weighted by molar-refractivity contribution is 0.143. The second-order valence-corrected chi connectivity index (χ2v) is 7.32. The van der Waals surface area contributed by atoms with Crippen LogP contribution in [0.3, 0.4) is 0 Å². The number of hydrogen-bond donors (Lipinski definition) is 1. The van der Waals surface area contributed by atoms with Gasteiger partial charge in [-0.25, -0.2) is 13.2 Å². The largest absolute Gasteiger partial charge is 0.450 e. The van der Waals surface area contributed by atoms with Crippen molar-refractivity contribution < 1.29 is 17.9 Å². The minimum atomic E-state index is -3.79. The minimum Gasteiger partial charge on any atom is -0.450 e. The molecular weight excluding hydrogens is 326 g/mol. The van der Waals surface area contributed by atoms with Gasteiger partial charge in [-0.05, 0) is 24.1 Å². The van der Waals surface area contributed by atoms with E-state index in [-0.39, 0.29) is 11.5 Å². The molecule has 0 aliphatic heterocycles. The zero-order chi connectivity index (χ0) is 17.4. The van der Waals surface area contributed by atoms with Crippen LogP contribution in [0.2, 0.25) is 0 Å². The zero-order valence-corrected chi connectivity index (χ0v) is 14.3. The Kier molecular flexibility index (Phi) is 6.37. The maximum atomic E-state index is 12.9. The monoisotopic (exact) mass is 347 g/mol. The van der Waals surface area contributed by atoms with Crippen molar-refractivity contribution in [2.45, 2.75) is 30.0 Å². The molecule has 1 unspecified atom stereocenters. The van der Waals surface area contributed by atoms with Crippen LogP contribution in [0.25, 0.3) is 0 Å². The third kappa shape index (κ3) is 4.58. The highest BCUT2D eigenvalue weighted by molar-refractivity contribution is 7.91. The smallest absolute Gasteiger partial charge is 0.408 e. The molecule has 0 spiro atoms. The van der Waals surface area contributed by atoms with Gasteiger partial charge in [0.15, 0.2) is 5.37 Å². The van der Waals surface area contributed by atoms with Gasteiger partial charge in [-0.15, -0.1) is 0 Å². The Balaban J connectivity index is 2.29. The van der Waals surface area contributed by atoms with Crippen LogP contribution in [0.15, 0.2) is 65.6 Å². The molecule has 0 radical (unpaired) electrons. The lowest BCUT2D eigenvalue weighted by atomic mass is 10.2. The van der Waals surface area contributed by atoms with E-state index in [1.54, 1.807) is 48.5 Å². The van der Waals surface area contributed by atoms with E-state index in [9.17, 15) is 13.2 Å². The molecule has 2 rings (SSSR count). The van der Waals surface area contributed by atoms with E-state index in [0.717, 1.165) is 12.8 Å². The molecule has 5 nitrogen and oxygen atoms in total. The Morgan fingerprint density at radius 2 is 1.62 bits per heavy atom. The van der Waals surface area contributed by atoms with Crippen molar-refractivity contribution in [2.75, 3.05) is 6.61 Å². The number of hydrogen-bond acceptors (Lipinski definition) is 4. The number of amides is 1. The third-order valence-electron chi connectivity index (χ3n) is 3.46. The van der Waals surface area contributed by atoms with Crippen molar-refractivity contribution in [3.05, 3.63) is 66.2 Å². The van der Waals surface area contributed by atoms with Crippen LogP contribution in [0, 0.1) is 0 Å². The standard InChI is InChI=1S/C18H21NO4S/c1-2-3-14-23-18(20)19-17(15-10-6-4-7-11-15)24(21,22)16-12-8-5-9-13-16/h4-13,17H,2-3,14H2,1H3,(H,19,20). The number of benzene rings is 2. The Labute approximate surface area is 142 Å². The van der Waals surface area contributed by atoms with Crippen LogP contribution in [-0.4, -0.2) is 21.1 Å². The van der Waals surface area contributed by atoms with Crippen molar-refractivity contribution in [3.8, 4) is 0 Å². The van der Waals surface area contributed by atoms with Crippen molar-refractivity contribution in [3.63, 3.8) is 0 Å². The SMILES string of the molecule is CCCCOC(=O)NC(c1ccccc1)S(=O)(=O)c1ccccc1. The molecule has 1 N–H and O–H groups in total. The predicted molar refractivity (Wildman–Crippen MR) is 92.2 cm³/mol. The fraction of sp³-hybridized carbons (Fsp3) is 0.278. The van der Waals surface area contributed by atoms with Crippen LogP contribution in [0.5, 0.6) is 0 Å². The van der Waals surface area contributed by atoms with Crippen LogP contribution in [0.1, 0.15) is 30.7 Å². The molecule has 6 heteroatoms. The van der Waals surface area contributed by atoms with E-state index in [1.165, 1.54) is 12.1 Å². The number of unbranched alkanes of at least 4 members (excludes halogenated alkanes) is 1. The Morgan fingerprint density at radius 3 is 2.21 bits per heavy atom. The molecule has 1 amide bonds. The lowest BCUT2D eigenvalue weighted by Gasteiger charge is -2.19. The van der Waals surface area contributed by atoms with Crippen LogP contribution in [0.4, 0.5) is 4.79 Å². The Bertz CT molecular complexity index is 745. The van der Waals surface area contributed by atoms with Crippen molar-refractivity contribution in [1.29, 1.82) is 0 Å². The Hall–Kier alpha value is -2.34. The molecule has 0 saturated carbocycles. The molecule has 128 valence electrons. The Morgan fingerprint density at radius 1 is 1.04 bits per heavy atom. The average molecular weight is 347 g/mol. The molecule has 0 saturated heterocycles. The molecular formula is C18H21NO4S. The second kappa shape index (κ2) is 8.49. The normalized spacial score (nSPS) is 12.4. The highest BCUT2D eigenvalue weighted by atomic mass is 32.2. The summed E-state index contributed by atoms with van der Waals surface area (Å²) in [5.41, 5.74) is 0.480. The molecule has 0 heterocycles. The summed E-state index contributed by atoms with van der Waals surface area (Å²) in [6, 6.07) is 16.6. The maximum absolute atomic E-state index is 12.9. The number of nitrogens with one attached hydrogen (secondary N) is 1. The quantitative estimate of drug-likeness (QED) is 0.776. The molecule has 0 fully saturated rings. The van der Waals surface area contributed by atoms with Gasteiger partial charge in [-0.2, -0.15) is 0 Å². The van der Waals surface area contributed by atoms with Crippen molar-refractivity contribution in [1.82, 2.24) is 5.32 Å². The second-order valence-electron chi connectivity index (χ2n) is 5.28. The van der Waals surface area contributed by atoms with E-state index in [2.05, 4.69) is 5.32 Å². The summed E-state index contributed by atoms with van der Waals surface area (Å²) >= 11 is 0. The third-order valence-corrected chi connectivity index (χ3v) is 5.40.